The van der Waals surface area contributed by atoms with Crippen molar-refractivity contribution in [2.24, 2.45) is 5.10 Å². The summed E-state index contributed by atoms with van der Waals surface area (Å²) in [5.41, 5.74) is 2.97. The highest BCUT2D eigenvalue weighted by atomic mass is 79.9. The van der Waals surface area contributed by atoms with E-state index in [1.165, 1.54) is 11.3 Å². The first-order chi connectivity index (χ1) is 8.65. The minimum Gasteiger partial charge on any atom is -0.267 e. The van der Waals surface area contributed by atoms with Crippen molar-refractivity contribution in [3.63, 3.8) is 0 Å². The van der Waals surface area contributed by atoms with Gasteiger partial charge in [-0.2, -0.15) is 5.10 Å². The maximum absolute atomic E-state index is 11.7. The molecule has 0 aliphatic heterocycles. The van der Waals surface area contributed by atoms with Crippen LogP contribution in [0.2, 0.25) is 5.02 Å². The average Bonchev–Trinajstić information content (AvgIpc) is 2.76. The fourth-order valence-corrected chi connectivity index (χ4v) is 2.65. The van der Waals surface area contributed by atoms with Gasteiger partial charge in [0.1, 0.15) is 0 Å². The molecule has 2 aromatic rings. The van der Waals surface area contributed by atoms with E-state index in [9.17, 15) is 4.79 Å². The maximum Gasteiger partial charge on any atom is 0.271 e. The SMILES string of the molecule is O=C(N/N=C/c1cc(Br)cs1)c1ccc(Cl)cc1. The van der Waals surface area contributed by atoms with Gasteiger partial charge in [0, 0.05) is 25.3 Å². The Balaban J connectivity index is 1.96. The van der Waals surface area contributed by atoms with Gasteiger partial charge in [0.2, 0.25) is 0 Å². The first-order valence-corrected chi connectivity index (χ1v) is 7.03. The molecule has 3 nitrogen and oxygen atoms in total. The molecule has 0 aliphatic rings. The number of carbonyl (C=O) groups excluding carboxylic acids is 1. The Labute approximate surface area is 122 Å². The smallest absolute Gasteiger partial charge is 0.267 e. The molecule has 0 spiro atoms. The van der Waals surface area contributed by atoms with E-state index in [4.69, 9.17) is 11.6 Å². The average molecular weight is 344 g/mol. The molecular weight excluding hydrogens is 336 g/mol. The van der Waals surface area contributed by atoms with Crippen LogP contribution in [0.3, 0.4) is 0 Å². The molecule has 1 heterocycles. The lowest BCUT2D eigenvalue weighted by molar-refractivity contribution is 0.0955. The second-order valence-electron chi connectivity index (χ2n) is 3.37. The Bertz CT molecular complexity index is 580. The zero-order valence-electron chi connectivity index (χ0n) is 9.06. The lowest BCUT2D eigenvalue weighted by Crippen LogP contribution is -2.17. The molecule has 0 radical (unpaired) electrons. The van der Waals surface area contributed by atoms with Gasteiger partial charge in [-0.3, -0.25) is 4.79 Å². The van der Waals surface area contributed by atoms with Crippen LogP contribution in [0.25, 0.3) is 0 Å². The van der Waals surface area contributed by atoms with Crippen molar-refractivity contribution in [1.29, 1.82) is 0 Å². The molecule has 2 rings (SSSR count). The number of hydrazone groups is 1. The van der Waals surface area contributed by atoms with E-state index >= 15 is 0 Å². The van der Waals surface area contributed by atoms with Crippen molar-refractivity contribution in [2.75, 3.05) is 0 Å². The number of hydrogen-bond donors (Lipinski definition) is 1. The van der Waals surface area contributed by atoms with Crippen molar-refractivity contribution in [3.05, 3.63) is 55.6 Å². The van der Waals surface area contributed by atoms with E-state index < -0.39 is 0 Å². The van der Waals surface area contributed by atoms with Crippen LogP contribution in [-0.2, 0) is 0 Å². The minimum absolute atomic E-state index is 0.265. The Hall–Kier alpha value is -1.17. The highest BCUT2D eigenvalue weighted by Crippen LogP contribution is 2.17. The lowest BCUT2D eigenvalue weighted by Gasteiger charge is -1.98. The van der Waals surface area contributed by atoms with Crippen molar-refractivity contribution >= 4 is 51.0 Å². The van der Waals surface area contributed by atoms with Crippen LogP contribution < -0.4 is 5.43 Å². The molecule has 1 N–H and O–H groups in total. The molecular formula is C12H8BrClN2OS. The lowest BCUT2D eigenvalue weighted by atomic mass is 10.2. The molecule has 6 heteroatoms. The number of rotatable bonds is 3. The highest BCUT2D eigenvalue weighted by Gasteiger charge is 2.03. The number of carbonyl (C=O) groups is 1. The number of halogens is 2. The summed E-state index contributed by atoms with van der Waals surface area (Å²) >= 11 is 10.6. The van der Waals surface area contributed by atoms with E-state index in [1.807, 2.05) is 11.4 Å². The molecule has 92 valence electrons. The summed E-state index contributed by atoms with van der Waals surface area (Å²) in [5, 5.41) is 6.43. The van der Waals surface area contributed by atoms with Crippen LogP contribution in [0.5, 0.6) is 0 Å². The largest absolute Gasteiger partial charge is 0.271 e. The molecule has 1 aromatic carbocycles. The fraction of sp³-hybridized carbons (Fsp3) is 0. The summed E-state index contributed by atoms with van der Waals surface area (Å²) in [6, 6.07) is 8.54. The summed E-state index contributed by atoms with van der Waals surface area (Å²) in [6.07, 6.45) is 1.60. The molecule has 1 aromatic heterocycles. The maximum atomic E-state index is 11.7. The van der Waals surface area contributed by atoms with Crippen LogP contribution >= 0.6 is 38.9 Å². The van der Waals surface area contributed by atoms with Gasteiger partial charge in [0.05, 0.1) is 6.21 Å². The number of benzene rings is 1. The third kappa shape index (κ3) is 3.66. The van der Waals surface area contributed by atoms with Gasteiger partial charge in [-0.15, -0.1) is 11.3 Å². The van der Waals surface area contributed by atoms with Gasteiger partial charge in [-0.1, -0.05) is 11.6 Å². The standard InChI is InChI=1S/C12H8BrClN2OS/c13-9-5-11(18-7-9)6-15-16-12(17)8-1-3-10(14)4-2-8/h1-7H,(H,16,17)/b15-6+. The third-order valence-electron chi connectivity index (χ3n) is 2.05. The minimum atomic E-state index is -0.265. The number of hydrogen-bond acceptors (Lipinski definition) is 3. The van der Waals surface area contributed by atoms with Crippen molar-refractivity contribution in [1.82, 2.24) is 5.43 Å². The van der Waals surface area contributed by atoms with E-state index in [0.717, 1.165) is 9.35 Å². The Morgan fingerprint density at radius 3 is 2.72 bits per heavy atom. The molecule has 0 saturated carbocycles. The van der Waals surface area contributed by atoms with E-state index in [0.29, 0.717) is 10.6 Å². The first-order valence-electron chi connectivity index (χ1n) is 4.98. The molecule has 0 atom stereocenters. The monoisotopic (exact) mass is 342 g/mol. The highest BCUT2D eigenvalue weighted by molar-refractivity contribution is 9.10. The Kier molecular flexibility index (Phi) is 4.52. The molecule has 18 heavy (non-hydrogen) atoms. The van der Waals surface area contributed by atoms with E-state index in [1.54, 1.807) is 30.5 Å². The number of nitrogens with one attached hydrogen (secondary N) is 1. The quantitative estimate of drug-likeness (QED) is 0.666. The molecule has 1 amide bonds. The van der Waals surface area contributed by atoms with Gasteiger partial charge in [0.25, 0.3) is 5.91 Å². The first kappa shape index (κ1) is 13.3. The van der Waals surface area contributed by atoms with Gasteiger partial charge >= 0.3 is 0 Å². The second-order valence-corrected chi connectivity index (χ2v) is 5.67. The van der Waals surface area contributed by atoms with Gasteiger partial charge in [-0.25, -0.2) is 5.43 Å². The summed E-state index contributed by atoms with van der Waals surface area (Å²) in [5.74, 6) is -0.265. The van der Waals surface area contributed by atoms with Crippen LogP contribution in [-0.4, -0.2) is 12.1 Å². The van der Waals surface area contributed by atoms with Crippen molar-refractivity contribution in [2.45, 2.75) is 0 Å². The summed E-state index contributed by atoms with van der Waals surface area (Å²) < 4.78 is 0.998. The molecule has 0 fully saturated rings. The second kappa shape index (κ2) is 6.13. The fourth-order valence-electron chi connectivity index (χ4n) is 1.22. The third-order valence-corrected chi connectivity index (χ3v) is 3.93. The summed E-state index contributed by atoms with van der Waals surface area (Å²) in [4.78, 5) is 12.6. The molecule has 0 bridgehead atoms. The predicted octanol–water partition coefficient (Wildman–Crippen LogP) is 3.93. The van der Waals surface area contributed by atoms with Crippen molar-refractivity contribution in [3.8, 4) is 0 Å². The molecule has 0 unspecified atom stereocenters. The van der Waals surface area contributed by atoms with Crippen LogP contribution in [0.4, 0.5) is 0 Å². The van der Waals surface area contributed by atoms with Crippen molar-refractivity contribution < 1.29 is 4.79 Å². The summed E-state index contributed by atoms with van der Waals surface area (Å²) in [7, 11) is 0. The van der Waals surface area contributed by atoms with Crippen LogP contribution in [0.15, 0.2) is 45.3 Å². The van der Waals surface area contributed by atoms with Gasteiger partial charge < -0.3 is 0 Å². The zero-order valence-corrected chi connectivity index (χ0v) is 12.2. The zero-order chi connectivity index (χ0) is 13.0. The number of thiophene rings is 1. The molecule has 0 saturated heterocycles. The summed E-state index contributed by atoms with van der Waals surface area (Å²) in [6.45, 7) is 0. The van der Waals surface area contributed by atoms with Gasteiger partial charge in [0.15, 0.2) is 0 Å². The van der Waals surface area contributed by atoms with Crippen LogP contribution in [0.1, 0.15) is 15.2 Å². The number of nitrogens with zero attached hydrogens (tertiary/aromatic N) is 1. The van der Waals surface area contributed by atoms with E-state index in [-0.39, 0.29) is 5.91 Å². The topological polar surface area (TPSA) is 41.5 Å². The Morgan fingerprint density at radius 2 is 2.11 bits per heavy atom. The Morgan fingerprint density at radius 1 is 1.39 bits per heavy atom. The number of amides is 1. The molecule has 0 aliphatic carbocycles. The van der Waals surface area contributed by atoms with Gasteiger partial charge in [-0.05, 0) is 46.3 Å². The normalized spacial score (nSPS) is 10.8. The van der Waals surface area contributed by atoms with E-state index in [2.05, 4.69) is 26.5 Å². The predicted molar refractivity (Wildman–Crippen MR) is 78.5 cm³/mol. The van der Waals surface area contributed by atoms with Crippen LogP contribution in [0, 0.1) is 0 Å².